The van der Waals surface area contributed by atoms with E-state index in [-0.39, 0.29) is 11.9 Å². The van der Waals surface area contributed by atoms with Crippen molar-refractivity contribution in [3.05, 3.63) is 35.0 Å². The number of carbonyl (C=O) groups excluding carboxylic acids is 1. The van der Waals surface area contributed by atoms with Gasteiger partial charge in [-0.15, -0.1) is 0 Å². The van der Waals surface area contributed by atoms with Gasteiger partial charge in [-0.05, 0) is 58.2 Å². The van der Waals surface area contributed by atoms with Crippen molar-refractivity contribution in [1.29, 1.82) is 0 Å². The van der Waals surface area contributed by atoms with Crippen LogP contribution >= 0.6 is 0 Å². The molecule has 1 saturated heterocycles. The molecular formula is C18H24N2O2. The van der Waals surface area contributed by atoms with Crippen LogP contribution in [-0.2, 0) is 0 Å². The molecule has 1 atom stereocenters. The van der Waals surface area contributed by atoms with E-state index >= 15 is 0 Å². The second-order valence-electron chi connectivity index (χ2n) is 6.98. The largest absolute Gasteiger partial charge is 0.388 e. The van der Waals surface area contributed by atoms with Gasteiger partial charge in [0.2, 0.25) is 0 Å². The molecule has 1 aliphatic heterocycles. The van der Waals surface area contributed by atoms with Crippen molar-refractivity contribution in [3.8, 4) is 0 Å². The molecule has 0 radical (unpaired) electrons. The van der Waals surface area contributed by atoms with Crippen LogP contribution in [0.5, 0.6) is 0 Å². The molecule has 4 nitrogen and oxygen atoms in total. The fourth-order valence-corrected chi connectivity index (χ4v) is 3.54. The minimum atomic E-state index is -0.872. The number of H-pyrrole nitrogens is 1. The number of hydrogen-bond acceptors (Lipinski definition) is 2. The molecule has 1 aromatic carbocycles. The summed E-state index contributed by atoms with van der Waals surface area (Å²) in [5.74, 6) is -0.00372. The van der Waals surface area contributed by atoms with E-state index in [1.807, 2.05) is 24.0 Å². The lowest BCUT2D eigenvalue weighted by atomic mass is 9.96. The third-order valence-electron chi connectivity index (χ3n) is 4.76. The maximum atomic E-state index is 13.0. The fraction of sp³-hybridized carbons (Fsp3) is 0.500. The normalized spacial score (nSPS) is 19.1. The predicted octanol–water partition coefficient (Wildman–Crippen LogP) is 3.16. The molecule has 4 heteroatoms. The highest BCUT2D eigenvalue weighted by Crippen LogP contribution is 2.30. The topological polar surface area (TPSA) is 56.3 Å². The van der Waals surface area contributed by atoms with E-state index in [9.17, 15) is 9.90 Å². The molecule has 2 heterocycles. The Bertz CT molecular complexity index is 724. The Balaban J connectivity index is 2.00. The average molecular weight is 300 g/mol. The molecule has 22 heavy (non-hydrogen) atoms. The Hall–Kier alpha value is -1.81. The summed E-state index contributed by atoms with van der Waals surface area (Å²) in [6.07, 6.45) is 1.80. The van der Waals surface area contributed by atoms with Gasteiger partial charge in [0, 0.05) is 17.4 Å². The van der Waals surface area contributed by atoms with Crippen molar-refractivity contribution in [2.24, 2.45) is 0 Å². The number of hydrogen-bond donors (Lipinski definition) is 2. The second kappa shape index (κ2) is 5.13. The molecular weight excluding hydrogens is 276 g/mol. The van der Waals surface area contributed by atoms with Gasteiger partial charge in [0.05, 0.1) is 11.6 Å². The molecule has 3 rings (SSSR count). The molecule has 1 aliphatic rings. The van der Waals surface area contributed by atoms with Gasteiger partial charge < -0.3 is 15.0 Å². The molecule has 1 aromatic heterocycles. The van der Waals surface area contributed by atoms with Crippen LogP contribution in [0.3, 0.4) is 0 Å². The third kappa shape index (κ3) is 2.41. The van der Waals surface area contributed by atoms with E-state index in [2.05, 4.69) is 18.0 Å². The first-order valence-electron chi connectivity index (χ1n) is 7.91. The zero-order valence-electron chi connectivity index (χ0n) is 13.7. The fourth-order valence-electron chi connectivity index (χ4n) is 3.54. The molecule has 1 fully saturated rings. The maximum absolute atomic E-state index is 13.0. The molecule has 2 aromatic rings. The maximum Gasteiger partial charge on any atom is 0.270 e. The number of aromatic nitrogens is 1. The average Bonchev–Trinajstić information content (AvgIpc) is 3.04. The van der Waals surface area contributed by atoms with E-state index < -0.39 is 5.60 Å². The minimum Gasteiger partial charge on any atom is -0.388 e. The van der Waals surface area contributed by atoms with Crippen LogP contribution in [0.1, 0.15) is 48.3 Å². The Morgan fingerprint density at radius 1 is 1.36 bits per heavy atom. The molecule has 1 amide bonds. The molecule has 2 N–H and O–H groups in total. The van der Waals surface area contributed by atoms with E-state index in [0.717, 1.165) is 29.3 Å². The van der Waals surface area contributed by atoms with Gasteiger partial charge in [0.25, 0.3) is 5.91 Å². The molecule has 0 spiro atoms. The van der Waals surface area contributed by atoms with Crippen molar-refractivity contribution in [3.63, 3.8) is 0 Å². The van der Waals surface area contributed by atoms with Gasteiger partial charge in [-0.2, -0.15) is 0 Å². The first-order chi connectivity index (χ1) is 10.3. The first-order valence-corrected chi connectivity index (χ1v) is 7.91. The zero-order valence-corrected chi connectivity index (χ0v) is 13.7. The van der Waals surface area contributed by atoms with Gasteiger partial charge in [0.1, 0.15) is 5.69 Å². The molecule has 0 bridgehead atoms. The minimum absolute atomic E-state index is 0.00372. The van der Waals surface area contributed by atoms with E-state index in [1.54, 1.807) is 13.8 Å². The van der Waals surface area contributed by atoms with Crippen molar-refractivity contribution in [2.45, 2.75) is 52.2 Å². The predicted molar refractivity (Wildman–Crippen MR) is 88.1 cm³/mol. The van der Waals surface area contributed by atoms with Crippen LogP contribution in [0.2, 0.25) is 0 Å². The van der Waals surface area contributed by atoms with Crippen molar-refractivity contribution in [1.82, 2.24) is 9.88 Å². The van der Waals surface area contributed by atoms with Gasteiger partial charge >= 0.3 is 0 Å². The summed E-state index contributed by atoms with van der Waals surface area (Å²) in [6, 6.07) is 6.05. The summed E-state index contributed by atoms with van der Waals surface area (Å²) in [5.41, 5.74) is 2.94. The number of amides is 1. The number of rotatable bonds is 2. The van der Waals surface area contributed by atoms with Gasteiger partial charge in [-0.3, -0.25) is 4.79 Å². The monoisotopic (exact) mass is 300 g/mol. The Kier molecular flexibility index (Phi) is 3.52. The molecule has 0 saturated carbocycles. The van der Waals surface area contributed by atoms with Gasteiger partial charge in [-0.1, -0.05) is 11.6 Å². The SMILES string of the molecule is Cc1ccc2[nH]c(C(=O)N3CCCC3C(C)(C)O)c(C)c2c1. The van der Waals surface area contributed by atoms with Gasteiger partial charge in [-0.25, -0.2) is 0 Å². The van der Waals surface area contributed by atoms with E-state index in [0.29, 0.717) is 12.2 Å². The highest BCUT2D eigenvalue weighted by atomic mass is 16.3. The summed E-state index contributed by atoms with van der Waals surface area (Å²) >= 11 is 0. The van der Waals surface area contributed by atoms with Crippen LogP contribution in [0, 0.1) is 13.8 Å². The smallest absolute Gasteiger partial charge is 0.270 e. The lowest BCUT2D eigenvalue weighted by Gasteiger charge is -2.33. The highest BCUT2D eigenvalue weighted by Gasteiger charge is 2.39. The van der Waals surface area contributed by atoms with Crippen molar-refractivity contribution < 1.29 is 9.90 Å². The number of benzene rings is 1. The van der Waals surface area contributed by atoms with Crippen LogP contribution in [0.15, 0.2) is 18.2 Å². The first kappa shape index (κ1) is 15.1. The lowest BCUT2D eigenvalue weighted by Crippen LogP contribution is -2.48. The van der Waals surface area contributed by atoms with Crippen LogP contribution in [-0.4, -0.2) is 39.1 Å². The zero-order chi connectivity index (χ0) is 16.1. The highest BCUT2D eigenvalue weighted by molar-refractivity contribution is 6.01. The second-order valence-corrected chi connectivity index (χ2v) is 6.98. The number of aliphatic hydroxyl groups is 1. The number of aromatic amines is 1. The van der Waals surface area contributed by atoms with Crippen LogP contribution < -0.4 is 0 Å². The van der Waals surface area contributed by atoms with Crippen molar-refractivity contribution in [2.75, 3.05) is 6.54 Å². The number of likely N-dealkylation sites (tertiary alicyclic amines) is 1. The Labute approximate surface area is 131 Å². The molecule has 118 valence electrons. The Morgan fingerprint density at radius 3 is 2.77 bits per heavy atom. The van der Waals surface area contributed by atoms with E-state index in [4.69, 9.17) is 0 Å². The summed E-state index contributed by atoms with van der Waals surface area (Å²) in [6.45, 7) is 8.32. The number of nitrogens with one attached hydrogen (secondary N) is 1. The summed E-state index contributed by atoms with van der Waals surface area (Å²) in [7, 11) is 0. The Morgan fingerprint density at radius 2 is 2.09 bits per heavy atom. The number of fused-ring (bicyclic) bond motifs is 1. The summed E-state index contributed by atoms with van der Waals surface area (Å²) in [4.78, 5) is 18.1. The molecule has 0 aliphatic carbocycles. The number of nitrogens with zero attached hydrogens (tertiary/aromatic N) is 1. The third-order valence-corrected chi connectivity index (χ3v) is 4.76. The standard InChI is InChI=1S/C18H24N2O2/c1-11-7-8-14-13(10-11)12(2)16(19-14)17(21)20-9-5-6-15(20)18(3,4)22/h7-8,10,15,19,22H,5-6,9H2,1-4H3. The lowest BCUT2D eigenvalue weighted by molar-refractivity contribution is 0.000125. The number of carbonyl (C=O) groups is 1. The summed E-state index contributed by atoms with van der Waals surface area (Å²) < 4.78 is 0. The van der Waals surface area contributed by atoms with Crippen LogP contribution in [0.25, 0.3) is 10.9 Å². The summed E-state index contributed by atoms with van der Waals surface area (Å²) in [5, 5.41) is 11.4. The quantitative estimate of drug-likeness (QED) is 0.895. The van der Waals surface area contributed by atoms with Crippen LogP contribution in [0.4, 0.5) is 0 Å². The molecule has 1 unspecified atom stereocenters. The van der Waals surface area contributed by atoms with E-state index in [1.165, 1.54) is 5.56 Å². The number of aryl methyl sites for hydroxylation is 2. The van der Waals surface area contributed by atoms with Gasteiger partial charge in [0.15, 0.2) is 0 Å². The van der Waals surface area contributed by atoms with Crippen molar-refractivity contribution >= 4 is 16.8 Å².